The van der Waals surface area contributed by atoms with Crippen LogP contribution in [0, 0.1) is 0 Å². The highest BCUT2D eigenvalue weighted by Gasteiger charge is 2.09. The number of hydrazine groups is 1. The maximum atomic E-state index is 5.95. The number of hydrogen-bond donors (Lipinski definition) is 3. The van der Waals surface area contributed by atoms with Gasteiger partial charge in [-0.25, -0.2) is 5.84 Å². The van der Waals surface area contributed by atoms with Crippen LogP contribution in [0.1, 0.15) is 6.92 Å². The number of ether oxygens (including phenoxy) is 1. The third-order valence-electron chi connectivity index (χ3n) is 2.19. The Morgan fingerprint density at radius 3 is 2.75 bits per heavy atom. The van der Waals surface area contributed by atoms with Crippen LogP contribution in [0.5, 0.6) is 6.01 Å². The fraction of sp³-hybridized carbons (Fsp3) is 0.182. The largest absolute Gasteiger partial charge is 0.464 e. The van der Waals surface area contributed by atoms with Gasteiger partial charge in [-0.3, -0.25) is 5.43 Å². The Morgan fingerprint density at radius 1 is 1.30 bits per heavy atom. The molecular formula is C11H12BrClN6O. The first-order chi connectivity index (χ1) is 9.62. The lowest BCUT2D eigenvalue weighted by molar-refractivity contribution is 0.312. The fourth-order valence-corrected chi connectivity index (χ4v) is 1.90. The second-order valence-electron chi connectivity index (χ2n) is 3.59. The van der Waals surface area contributed by atoms with Crippen molar-refractivity contribution in [1.29, 1.82) is 0 Å². The van der Waals surface area contributed by atoms with Crippen molar-refractivity contribution >= 4 is 45.1 Å². The highest BCUT2D eigenvalue weighted by Crippen LogP contribution is 2.28. The van der Waals surface area contributed by atoms with Crippen LogP contribution in [0.4, 0.5) is 17.6 Å². The molecule has 7 nitrogen and oxygen atoms in total. The minimum Gasteiger partial charge on any atom is -0.464 e. The van der Waals surface area contributed by atoms with Crippen LogP contribution in [0.25, 0.3) is 0 Å². The zero-order valence-corrected chi connectivity index (χ0v) is 12.9. The van der Waals surface area contributed by atoms with Crippen molar-refractivity contribution in [2.45, 2.75) is 6.92 Å². The monoisotopic (exact) mass is 358 g/mol. The third-order valence-corrected chi connectivity index (χ3v) is 3.12. The van der Waals surface area contributed by atoms with Gasteiger partial charge in [0.15, 0.2) is 0 Å². The molecule has 0 aliphatic rings. The van der Waals surface area contributed by atoms with Crippen molar-refractivity contribution in [2.24, 2.45) is 5.84 Å². The molecular weight excluding hydrogens is 348 g/mol. The summed E-state index contributed by atoms with van der Waals surface area (Å²) < 4.78 is 6.07. The van der Waals surface area contributed by atoms with Gasteiger partial charge in [0, 0.05) is 9.50 Å². The number of nitrogens with zero attached hydrogens (tertiary/aromatic N) is 3. The molecule has 0 atom stereocenters. The van der Waals surface area contributed by atoms with E-state index in [4.69, 9.17) is 22.2 Å². The number of aromatic nitrogens is 3. The Balaban J connectivity index is 2.32. The molecule has 0 unspecified atom stereocenters. The molecule has 0 amide bonds. The van der Waals surface area contributed by atoms with Gasteiger partial charge >= 0.3 is 6.01 Å². The standard InChI is InChI=1S/C11H12BrClN6O/c1-2-20-11-17-9(16-10(18-11)19-14)15-8-5-6(13)3-4-7(8)12/h3-5H,2,14H2,1H3,(H2,15,16,17,18,19). The van der Waals surface area contributed by atoms with Crippen molar-refractivity contribution in [3.8, 4) is 6.01 Å². The Hall–Kier alpha value is -1.64. The lowest BCUT2D eigenvalue weighted by Gasteiger charge is -2.10. The summed E-state index contributed by atoms with van der Waals surface area (Å²) in [6.45, 7) is 2.27. The Morgan fingerprint density at radius 2 is 2.05 bits per heavy atom. The van der Waals surface area contributed by atoms with E-state index in [0.29, 0.717) is 23.3 Å². The smallest absolute Gasteiger partial charge is 0.323 e. The second-order valence-corrected chi connectivity index (χ2v) is 4.88. The molecule has 2 aromatic rings. The van der Waals surface area contributed by atoms with Crippen LogP contribution in [-0.2, 0) is 0 Å². The van der Waals surface area contributed by atoms with E-state index in [-0.39, 0.29) is 12.0 Å². The summed E-state index contributed by atoms with van der Waals surface area (Å²) in [4.78, 5) is 12.2. The van der Waals surface area contributed by atoms with Gasteiger partial charge in [0.1, 0.15) is 0 Å². The zero-order chi connectivity index (χ0) is 14.5. The van der Waals surface area contributed by atoms with E-state index in [9.17, 15) is 0 Å². The molecule has 0 fully saturated rings. The van der Waals surface area contributed by atoms with E-state index in [1.54, 1.807) is 12.1 Å². The minimum atomic E-state index is 0.177. The minimum absolute atomic E-state index is 0.177. The van der Waals surface area contributed by atoms with Crippen molar-refractivity contribution in [3.63, 3.8) is 0 Å². The van der Waals surface area contributed by atoms with Gasteiger partial charge in [-0.15, -0.1) is 0 Å². The first-order valence-electron chi connectivity index (χ1n) is 5.70. The van der Waals surface area contributed by atoms with E-state index in [0.717, 1.165) is 4.47 Å². The number of anilines is 3. The number of hydrogen-bond acceptors (Lipinski definition) is 7. The molecule has 1 aromatic heterocycles. The average molecular weight is 360 g/mol. The second kappa shape index (κ2) is 6.69. The number of halogens is 2. The van der Waals surface area contributed by atoms with Gasteiger partial charge in [-0.1, -0.05) is 11.6 Å². The third kappa shape index (κ3) is 3.69. The highest BCUT2D eigenvalue weighted by atomic mass is 79.9. The van der Waals surface area contributed by atoms with E-state index in [2.05, 4.69) is 41.6 Å². The summed E-state index contributed by atoms with van der Waals surface area (Å²) in [6, 6.07) is 5.50. The van der Waals surface area contributed by atoms with E-state index in [1.807, 2.05) is 13.0 Å². The molecule has 0 aliphatic carbocycles. The Bertz CT molecular complexity index is 611. The molecule has 1 aromatic carbocycles. The molecule has 0 saturated carbocycles. The molecule has 0 spiro atoms. The first-order valence-corrected chi connectivity index (χ1v) is 6.87. The number of nitrogens with one attached hydrogen (secondary N) is 2. The van der Waals surface area contributed by atoms with Gasteiger partial charge in [0.2, 0.25) is 11.9 Å². The molecule has 1 heterocycles. The summed E-state index contributed by atoms with van der Waals surface area (Å²) >= 11 is 9.36. The maximum Gasteiger partial charge on any atom is 0.323 e. The molecule has 0 radical (unpaired) electrons. The molecule has 20 heavy (non-hydrogen) atoms. The number of nitrogens with two attached hydrogens (primary N) is 1. The van der Waals surface area contributed by atoms with Gasteiger partial charge in [-0.05, 0) is 41.1 Å². The Labute approximate surface area is 129 Å². The topological polar surface area (TPSA) is 98.0 Å². The van der Waals surface area contributed by atoms with Crippen molar-refractivity contribution in [2.75, 3.05) is 17.3 Å². The lowest BCUT2D eigenvalue weighted by atomic mass is 10.3. The average Bonchev–Trinajstić information content (AvgIpc) is 2.43. The van der Waals surface area contributed by atoms with E-state index >= 15 is 0 Å². The first kappa shape index (κ1) is 14.8. The van der Waals surface area contributed by atoms with Gasteiger partial charge in [0.25, 0.3) is 0 Å². The van der Waals surface area contributed by atoms with Crippen molar-refractivity contribution in [1.82, 2.24) is 15.0 Å². The van der Waals surface area contributed by atoms with Crippen LogP contribution in [0.15, 0.2) is 22.7 Å². The van der Waals surface area contributed by atoms with Gasteiger partial charge < -0.3 is 10.1 Å². The summed E-state index contributed by atoms with van der Waals surface area (Å²) in [7, 11) is 0. The molecule has 0 saturated heterocycles. The van der Waals surface area contributed by atoms with Crippen LogP contribution < -0.4 is 21.3 Å². The highest BCUT2D eigenvalue weighted by molar-refractivity contribution is 9.10. The fourth-order valence-electron chi connectivity index (χ4n) is 1.38. The summed E-state index contributed by atoms with van der Waals surface area (Å²) in [5, 5.41) is 3.61. The summed E-state index contributed by atoms with van der Waals surface area (Å²) in [5.41, 5.74) is 3.07. The molecule has 106 valence electrons. The summed E-state index contributed by atoms with van der Waals surface area (Å²) in [5.74, 6) is 5.80. The number of nitrogen functional groups attached to an aromatic ring is 1. The van der Waals surface area contributed by atoms with Crippen molar-refractivity contribution in [3.05, 3.63) is 27.7 Å². The quantitative estimate of drug-likeness (QED) is 0.557. The molecule has 9 heteroatoms. The molecule has 2 rings (SSSR count). The maximum absolute atomic E-state index is 5.95. The number of rotatable bonds is 5. The van der Waals surface area contributed by atoms with E-state index < -0.39 is 0 Å². The van der Waals surface area contributed by atoms with Crippen LogP contribution >= 0.6 is 27.5 Å². The summed E-state index contributed by atoms with van der Waals surface area (Å²) in [6.07, 6.45) is 0. The molecule has 0 bridgehead atoms. The van der Waals surface area contributed by atoms with Crippen LogP contribution in [0.3, 0.4) is 0 Å². The van der Waals surface area contributed by atoms with Crippen LogP contribution in [-0.4, -0.2) is 21.6 Å². The lowest BCUT2D eigenvalue weighted by Crippen LogP contribution is -2.13. The van der Waals surface area contributed by atoms with E-state index in [1.165, 1.54) is 0 Å². The van der Waals surface area contributed by atoms with Crippen LogP contribution in [0.2, 0.25) is 5.02 Å². The van der Waals surface area contributed by atoms with Crippen molar-refractivity contribution < 1.29 is 4.74 Å². The molecule has 0 aliphatic heterocycles. The SMILES string of the molecule is CCOc1nc(NN)nc(Nc2cc(Cl)ccc2Br)n1. The van der Waals surface area contributed by atoms with Gasteiger partial charge in [-0.2, -0.15) is 15.0 Å². The molecule has 4 N–H and O–H groups in total. The normalized spacial score (nSPS) is 10.2. The zero-order valence-electron chi connectivity index (χ0n) is 10.5. The predicted molar refractivity (Wildman–Crippen MR) is 81.2 cm³/mol. The van der Waals surface area contributed by atoms with Gasteiger partial charge in [0.05, 0.1) is 12.3 Å². The number of benzene rings is 1. The predicted octanol–water partition coefficient (Wildman–Crippen LogP) is 2.72. The Kier molecular flexibility index (Phi) is 4.94.